The first-order valence-corrected chi connectivity index (χ1v) is 11.2. The van der Waals surface area contributed by atoms with Crippen molar-refractivity contribution in [1.82, 2.24) is 19.7 Å². The van der Waals surface area contributed by atoms with E-state index >= 15 is 0 Å². The number of hydrogen-bond donors (Lipinski definition) is 2. The predicted octanol–water partition coefficient (Wildman–Crippen LogP) is 5.91. The van der Waals surface area contributed by atoms with E-state index in [0.717, 1.165) is 22.4 Å². The molecule has 0 unspecified atom stereocenters. The zero-order valence-electron chi connectivity index (χ0n) is 19.4. The Labute approximate surface area is 202 Å². The number of urea groups is 1. The number of rotatable bonds is 6. The first kappa shape index (κ1) is 22.1. The van der Waals surface area contributed by atoms with Gasteiger partial charge in [-0.1, -0.05) is 64.8 Å². The number of nitrogens with one attached hydrogen (secondary N) is 2. The van der Waals surface area contributed by atoms with Gasteiger partial charge in [0, 0.05) is 29.7 Å². The van der Waals surface area contributed by atoms with E-state index in [1.165, 1.54) is 5.56 Å². The molecule has 0 saturated heterocycles. The summed E-state index contributed by atoms with van der Waals surface area (Å²) in [7, 11) is 0. The highest BCUT2D eigenvalue weighted by molar-refractivity contribution is 5.99. The second kappa shape index (κ2) is 9.64. The van der Waals surface area contributed by atoms with E-state index < -0.39 is 0 Å². The fourth-order valence-corrected chi connectivity index (χ4v) is 3.54. The van der Waals surface area contributed by atoms with Crippen molar-refractivity contribution < 1.29 is 9.32 Å². The van der Waals surface area contributed by atoms with Crippen molar-refractivity contribution in [1.29, 1.82) is 0 Å². The van der Waals surface area contributed by atoms with Crippen LogP contribution in [0.1, 0.15) is 16.7 Å². The van der Waals surface area contributed by atoms with Crippen LogP contribution in [0.5, 0.6) is 0 Å². The molecule has 0 spiro atoms. The number of aryl methyl sites for hydroxylation is 2. The van der Waals surface area contributed by atoms with E-state index in [1.54, 1.807) is 6.33 Å². The van der Waals surface area contributed by atoms with Gasteiger partial charge < -0.3 is 19.7 Å². The van der Waals surface area contributed by atoms with Crippen LogP contribution < -0.4 is 10.6 Å². The number of imidazole rings is 1. The summed E-state index contributed by atoms with van der Waals surface area (Å²) in [5.41, 5.74) is 6.33. The summed E-state index contributed by atoms with van der Waals surface area (Å²) >= 11 is 0. The van der Waals surface area contributed by atoms with E-state index in [-0.39, 0.29) is 6.03 Å². The Morgan fingerprint density at radius 2 is 1.46 bits per heavy atom. The topological polar surface area (TPSA) is 97.9 Å². The van der Waals surface area contributed by atoms with Crippen LogP contribution in [0.2, 0.25) is 0 Å². The Bertz CT molecular complexity index is 1430. The monoisotopic (exact) mass is 464 g/mol. The van der Waals surface area contributed by atoms with Gasteiger partial charge in [-0.3, -0.25) is 0 Å². The number of benzene rings is 3. The lowest BCUT2D eigenvalue weighted by Gasteiger charge is -2.09. The first-order valence-electron chi connectivity index (χ1n) is 11.2. The van der Waals surface area contributed by atoms with Crippen LogP contribution in [0.4, 0.5) is 16.2 Å². The SMILES string of the molecule is Cc1ccc(NC(=O)Nc2ccc(Cn3cnc(-c4nc(-c5ccc(C)cc5)no4)c3)cc2)cc1. The minimum atomic E-state index is -0.287. The fraction of sp³-hybridized carbons (Fsp3) is 0.111. The lowest BCUT2D eigenvalue weighted by Crippen LogP contribution is -2.19. The molecule has 3 aromatic carbocycles. The van der Waals surface area contributed by atoms with Gasteiger partial charge in [0.25, 0.3) is 5.89 Å². The highest BCUT2D eigenvalue weighted by Gasteiger charge is 2.13. The molecular weight excluding hydrogens is 440 g/mol. The molecule has 2 aromatic heterocycles. The molecule has 0 bridgehead atoms. The van der Waals surface area contributed by atoms with Crippen LogP contribution >= 0.6 is 0 Å². The summed E-state index contributed by atoms with van der Waals surface area (Å²) in [6, 6.07) is 23.0. The molecule has 2 heterocycles. The second-order valence-electron chi connectivity index (χ2n) is 8.36. The van der Waals surface area contributed by atoms with Gasteiger partial charge in [-0.15, -0.1) is 0 Å². The van der Waals surface area contributed by atoms with Gasteiger partial charge in [0.2, 0.25) is 5.82 Å². The molecule has 0 atom stereocenters. The number of hydrogen-bond acceptors (Lipinski definition) is 5. The van der Waals surface area contributed by atoms with Gasteiger partial charge in [-0.25, -0.2) is 9.78 Å². The minimum Gasteiger partial charge on any atom is -0.332 e. The lowest BCUT2D eigenvalue weighted by atomic mass is 10.1. The summed E-state index contributed by atoms with van der Waals surface area (Å²) in [5, 5.41) is 9.74. The third kappa shape index (κ3) is 5.44. The van der Waals surface area contributed by atoms with Crippen LogP contribution in [0, 0.1) is 13.8 Å². The smallest absolute Gasteiger partial charge is 0.323 e. The van der Waals surface area contributed by atoms with E-state index in [1.807, 2.05) is 97.4 Å². The van der Waals surface area contributed by atoms with Crippen molar-refractivity contribution in [3.63, 3.8) is 0 Å². The number of amides is 2. The van der Waals surface area contributed by atoms with Crippen molar-refractivity contribution >= 4 is 17.4 Å². The van der Waals surface area contributed by atoms with Crippen molar-refractivity contribution in [3.05, 3.63) is 102 Å². The average molecular weight is 465 g/mol. The summed E-state index contributed by atoms with van der Waals surface area (Å²) in [6.45, 7) is 4.65. The number of carbonyl (C=O) groups excluding carboxylic acids is 1. The zero-order chi connectivity index (χ0) is 24.2. The van der Waals surface area contributed by atoms with Gasteiger partial charge >= 0.3 is 6.03 Å². The molecule has 8 heteroatoms. The van der Waals surface area contributed by atoms with Gasteiger partial charge in [-0.2, -0.15) is 4.98 Å². The van der Waals surface area contributed by atoms with E-state index in [0.29, 0.717) is 29.6 Å². The molecule has 8 nitrogen and oxygen atoms in total. The predicted molar refractivity (Wildman–Crippen MR) is 135 cm³/mol. The quantitative estimate of drug-likeness (QED) is 0.326. The second-order valence-corrected chi connectivity index (χ2v) is 8.36. The number of aromatic nitrogens is 4. The molecule has 0 fully saturated rings. The number of nitrogens with zero attached hydrogens (tertiary/aromatic N) is 4. The highest BCUT2D eigenvalue weighted by Crippen LogP contribution is 2.22. The molecule has 0 radical (unpaired) electrons. The Morgan fingerprint density at radius 1 is 0.857 bits per heavy atom. The zero-order valence-corrected chi connectivity index (χ0v) is 19.4. The maximum Gasteiger partial charge on any atom is 0.323 e. The fourth-order valence-electron chi connectivity index (χ4n) is 3.54. The van der Waals surface area contributed by atoms with Gasteiger partial charge in [0.15, 0.2) is 0 Å². The number of carbonyl (C=O) groups is 1. The van der Waals surface area contributed by atoms with Crippen LogP contribution in [-0.2, 0) is 6.54 Å². The minimum absolute atomic E-state index is 0.287. The molecule has 0 saturated carbocycles. The van der Waals surface area contributed by atoms with Gasteiger partial charge in [-0.05, 0) is 43.7 Å². The maximum atomic E-state index is 12.2. The van der Waals surface area contributed by atoms with Crippen molar-refractivity contribution in [2.75, 3.05) is 10.6 Å². The van der Waals surface area contributed by atoms with E-state index in [9.17, 15) is 4.79 Å². The number of anilines is 2. The maximum absolute atomic E-state index is 12.2. The van der Waals surface area contributed by atoms with Crippen LogP contribution in [-0.4, -0.2) is 25.7 Å². The third-order valence-electron chi connectivity index (χ3n) is 5.47. The molecule has 35 heavy (non-hydrogen) atoms. The standard InChI is InChI=1S/C27H24N6O2/c1-18-3-9-21(10-4-18)25-31-26(35-32-25)24-16-33(17-28-24)15-20-7-13-23(14-8-20)30-27(34)29-22-11-5-19(2)6-12-22/h3-14,16-17H,15H2,1-2H3,(H2,29,30,34). The van der Waals surface area contributed by atoms with Gasteiger partial charge in [0.1, 0.15) is 5.69 Å². The van der Waals surface area contributed by atoms with E-state index in [2.05, 4.69) is 25.8 Å². The molecule has 5 aromatic rings. The van der Waals surface area contributed by atoms with Crippen LogP contribution in [0.25, 0.3) is 23.0 Å². The first-order chi connectivity index (χ1) is 17.0. The molecule has 2 amide bonds. The lowest BCUT2D eigenvalue weighted by molar-refractivity contribution is 0.262. The third-order valence-corrected chi connectivity index (χ3v) is 5.47. The van der Waals surface area contributed by atoms with Crippen molar-refractivity contribution in [3.8, 4) is 23.0 Å². The van der Waals surface area contributed by atoms with Crippen molar-refractivity contribution in [2.45, 2.75) is 20.4 Å². The van der Waals surface area contributed by atoms with Crippen molar-refractivity contribution in [2.24, 2.45) is 0 Å². The summed E-state index contributed by atoms with van der Waals surface area (Å²) in [6.07, 6.45) is 3.60. The summed E-state index contributed by atoms with van der Waals surface area (Å²) in [4.78, 5) is 21.1. The molecule has 0 aliphatic heterocycles. The summed E-state index contributed by atoms with van der Waals surface area (Å²) in [5.74, 6) is 0.905. The highest BCUT2D eigenvalue weighted by atomic mass is 16.5. The molecule has 0 aliphatic carbocycles. The summed E-state index contributed by atoms with van der Waals surface area (Å²) < 4.78 is 7.36. The molecule has 174 valence electrons. The normalized spacial score (nSPS) is 10.8. The Kier molecular flexibility index (Phi) is 6.09. The Balaban J connectivity index is 1.19. The Morgan fingerprint density at radius 3 is 2.11 bits per heavy atom. The molecule has 5 rings (SSSR count). The molecule has 0 aliphatic rings. The van der Waals surface area contributed by atoms with E-state index in [4.69, 9.17) is 4.52 Å². The molecular formula is C27H24N6O2. The largest absolute Gasteiger partial charge is 0.332 e. The van der Waals surface area contributed by atoms with Crippen LogP contribution in [0.3, 0.4) is 0 Å². The average Bonchev–Trinajstić information content (AvgIpc) is 3.52. The van der Waals surface area contributed by atoms with Crippen LogP contribution in [0.15, 0.2) is 89.8 Å². The molecule has 2 N–H and O–H groups in total. The van der Waals surface area contributed by atoms with Gasteiger partial charge in [0.05, 0.1) is 6.33 Å². The Hall–Kier alpha value is -4.72.